The van der Waals surface area contributed by atoms with Gasteiger partial charge in [0.25, 0.3) is 0 Å². The van der Waals surface area contributed by atoms with E-state index in [0.29, 0.717) is 24.5 Å². The topological polar surface area (TPSA) is 103 Å². The molecular formula is C17H28ClN3O4. The molecule has 0 radical (unpaired) electrons. The summed E-state index contributed by atoms with van der Waals surface area (Å²) in [4.78, 5) is 23.4. The van der Waals surface area contributed by atoms with Crippen molar-refractivity contribution in [2.75, 3.05) is 27.3 Å². The Balaban J connectivity index is 0.00000576. The molecule has 0 heterocycles. The van der Waals surface area contributed by atoms with Crippen LogP contribution in [0.4, 0.5) is 0 Å². The van der Waals surface area contributed by atoms with E-state index in [1.807, 2.05) is 32.0 Å². The average molecular weight is 374 g/mol. The summed E-state index contributed by atoms with van der Waals surface area (Å²) in [6.07, 6.45) is 0.644. The zero-order valence-electron chi connectivity index (χ0n) is 15.1. The first-order chi connectivity index (χ1) is 11.4. The molecule has 1 aromatic rings. The number of ether oxygens (including phenoxy) is 2. The van der Waals surface area contributed by atoms with Gasteiger partial charge in [-0.15, -0.1) is 12.4 Å². The number of carbonyl (C=O) groups excluding carboxylic acids is 2. The molecule has 7 nitrogen and oxygen atoms in total. The Labute approximate surface area is 155 Å². The van der Waals surface area contributed by atoms with Crippen LogP contribution in [0.3, 0.4) is 0 Å². The van der Waals surface area contributed by atoms with Gasteiger partial charge < -0.3 is 25.8 Å². The van der Waals surface area contributed by atoms with E-state index in [-0.39, 0.29) is 36.7 Å². The Kier molecular flexibility index (Phi) is 10.6. The summed E-state index contributed by atoms with van der Waals surface area (Å²) in [5.74, 6) is 0.767. The van der Waals surface area contributed by atoms with E-state index in [1.54, 1.807) is 14.2 Å². The smallest absolute Gasteiger partial charge is 0.239 e. The molecule has 142 valence electrons. The van der Waals surface area contributed by atoms with Crippen LogP contribution in [-0.4, -0.2) is 45.2 Å². The monoisotopic (exact) mass is 373 g/mol. The van der Waals surface area contributed by atoms with E-state index in [9.17, 15) is 9.59 Å². The number of hydrogen-bond acceptors (Lipinski definition) is 5. The molecule has 0 aliphatic heterocycles. The number of hydrogen-bond donors (Lipinski definition) is 3. The van der Waals surface area contributed by atoms with Gasteiger partial charge in [-0.2, -0.15) is 0 Å². The zero-order valence-corrected chi connectivity index (χ0v) is 15.9. The lowest BCUT2D eigenvalue weighted by Gasteiger charge is -2.15. The summed E-state index contributed by atoms with van der Waals surface area (Å²) in [5, 5.41) is 5.29. The molecule has 0 saturated carbocycles. The lowest BCUT2D eigenvalue weighted by Crippen LogP contribution is -2.47. The van der Waals surface area contributed by atoms with Gasteiger partial charge in [0.2, 0.25) is 11.8 Å². The van der Waals surface area contributed by atoms with Gasteiger partial charge in [-0.05, 0) is 30.0 Å². The highest BCUT2D eigenvalue weighted by atomic mass is 35.5. The standard InChI is InChI=1S/C17H27N3O4.ClH/c1-11(2)16(18)17(22)20-10-15(21)19-8-7-12-5-6-13(23-3)14(9-12)24-4;/h5-6,9,11,16H,7-8,10,18H2,1-4H3,(H,19,21)(H,20,22);1H/t16-;/m0./s1. The Bertz CT molecular complexity index is 567. The minimum absolute atomic E-state index is 0. The van der Waals surface area contributed by atoms with E-state index in [0.717, 1.165) is 5.56 Å². The van der Waals surface area contributed by atoms with Gasteiger partial charge in [-0.1, -0.05) is 19.9 Å². The highest BCUT2D eigenvalue weighted by Gasteiger charge is 2.17. The van der Waals surface area contributed by atoms with Crippen molar-refractivity contribution in [3.8, 4) is 11.5 Å². The predicted octanol–water partition coefficient (Wildman–Crippen LogP) is 0.884. The molecule has 0 unspecified atom stereocenters. The molecule has 0 saturated heterocycles. The van der Waals surface area contributed by atoms with E-state index in [4.69, 9.17) is 15.2 Å². The molecule has 2 amide bonds. The van der Waals surface area contributed by atoms with Crippen LogP contribution in [-0.2, 0) is 16.0 Å². The van der Waals surface area contributed by atoms with Crippen molar-refractivity contribution >= 4 is 24.2 Å². The van der Waals surface area contributed by atoms with Crippen LogP contribution in [0.1, 0.15) is 19.4 Å². The van der Waals surface area contributed by atoms with Crippen LogP contribution in [0.2, 0.25) is 0 Å². The Hall–Kier alpha value is -1.99. The van der Waals surface area contributed by atoms with Gasteiger partial charge in [0, 0.05) is 6.54 Å². The lowest BCUT2D eigenvalue weighted by molar-refractivity contribution is -0.127. The normalized spacial score (nSPS) is 11.3. The maximum Gasteiger partial charge on any atom is 0.239 e. The van der Waals surface area contributed by atoms with Gasteiger partial charge in [0.15, 0.2) is 11.5 Å². The van der Waals surface area contributed by atoms with Crippen molar-refractivity contribution < 1.29 is 19.1 Å². The van der Waals surface area contributed by atoms with Crippen molar-refractivity contribution in [1.82, 2.24) is 10.6 Å². The molecule has 0 spiro atoms. The summed E-state index contributed by atoms with van der Waals surface area (Å²) >= 11 is 0. The second kappa shape index (κ2) is 11.5. The first-order valence-corrected chi connectivity index (χ1v) is 7.90. The molecule has 0 aliphatic carbocycles. The minimum atomic E-state index is -0.607. The van der Waals surface area contributed by atoms with Crippen molar-refractivity contribution in [2.24, 2.45) is 11.7 Å². The predicted molar refractivity (Wildman–Crippen MR) is 99.3 cm³/mol. The minimum Gasteiger partial charge on any atom is -0.493 e. The highest BCUT2D eigenvalue weighted by Crippen LogP contribution is 2.27. The molecule has 0 aromatic heterocycles. The van der Waals surface area contributed by atoms with Gasteiger partial charge >= 0.3 is 0 Å². The second-order valence-corrected chi connectivity index (χ2v) is 5.78. The first kappa shape index (κ1) is 23.0. The molecular weight excluding hydrogens is 346 g/mol. The van der Waals surface area contributed by atoms with Crippen molar-refractivity contribution in [1.29, 1.82) is 0 Å². The number of amides is 2. The number of rotatable bonds is 9. The van der Waals surface area contributed by atoms with E-state index >= 15 is 0 Å². The average Bonchev–Trinajstić information content (AvgIpc) is 2.58. The number of halogens is 1. The lowest BCUT2D eigenvalue weighted by atomic mass is 10.1. The second-order valence-electron chi connectivity index (χ2n) is 5.78. The van der Waals surface area contributed by atoms with Crippen LogP contribution in [0.25, 0.3) is 0 Å². The summed E-state index contributed by atoms with van der Waals surface area (Å²) in [6, 6.07) is 5.00. The summed E-state index contributed by atoms with van der Waals surface area (Å²) in [6.45, 7) is 4.09. The third kappa shape index (κ3) is 7.62. The van der Waals surface area contributed by atoms with Gasteiger partial charge in [-0.25, -0.2) is 0 Å². The maximum absolute atomic E-state index is 11.7. The number of nitrogens with one attached hydrogen (secondary N) is 2. The van der Waals surface area contributed by atoms with Gasteiger partial charge in [0.1, 0.15) is 0 Å². The van der Waals surface area contributed by atoms with E-state index in [1.165, 1.54) is 0 Å². The molecule has 0 fully saturated rings. The molecule has 1 rings (SSSR count). The van der Waals surface area contributed by atoms with Crippen molar-refractivity contribution in [3.05, 3.63) is 23.8 Å². The molecule has 4 N–H and O–H groups in total. The molecule has 1 atom stereocenters. The number of benzene rings is 1. The van der Waals surface area contributed by atoms with Gasteiger partial charge in [0.05, 0.1) is 26.8 Å². The molecule has 1 aromatic carbocycles. The zero-order chi connectivity index (χ0) is 18.1. The summed E-state index contributed by atoms with van der Waals surface area (Å²) in [5.41, 5.74) is 6.72. The van der Waals surface area contributed by atoms with Crippen LogP contribution < -0.4 is 25.8 Å². The molecule has 0 aliphatic rings. The van der Waals surface area contributed by atoms with Crippen LogP contribution >= 0.6 is 12.4 Å². The molecule has 0 bridgehead atoms. The highest BCUT2D eigenvalue weighted by molar-refractivity contribution is 5.87. The van der Waals surface area contributed by atoms with Crippen molar-refractivity contribution in [2.45, 2.75) is 26.3 Å². The van der Waals surface area contributed by atoms with Gasteiger partial charge in [-0.3, -0.25) is 9.59 Å². The number of methoxy groups -OCH3 is 2. The molecule has 8 heteroatoms. The fourth-order valence-electron chi connectivity index (χ4n) is 2.03. The Morgan fingerprint density at radius 1 is 1.12 bits per heavy atom. The summed E-state index contributed by atoms with van der Waals surface area (Å²) in [7, 11) is 3.16. The van der Waals surface area contributed by atoms with Crippen LogP contribution in [0, 0.1) is 5.92 Å². The number of carbonyl (C=O) groups is 2. The fraction of sp³-hybridized carbons (Fsp3) is 0.529. The van der Waals surface area contributed by atoms with Crippen LogP contribution in [0.15, 0.2) is 18.2 Å². The Morgan fingerprint density at radius 3 is 2.32 bits per heavy atom. The summed E-state index contributed by atoms with van der Waals surface area (Å²) < 4.78 is 10.4. The van der Waals surface area contributed by atoms with E-state index < -0.39 is 6.04 Å². The Morgan fingerprint density at radius 2 is 1.76 bits per heavy atom. The van der Waals surface area contributed by atoms with Crippen molar-refractivity contribution in [3.63, 3.8) is 0 Å². The number of nitrogens with two attached hydrogens (primary N) is 1. The van der Waals surface area contributed by atoms with Crippen LogP contribution in [0.5, 0.6) is 11.5 Å². The maximum atomic E-state index is 11.7. The quantitative estimate of drug-likeness (QED) is 0.596. The van der Waals surface area contributed by atoms with E-state index in [2.05, 4.69) is 10.6 Å². The third-order valence-corrected chi connectivity index (χ3v) is 3.63. The fourth-order valence-corrected chi connectivity index (χ4v) is 2.03. The largest absolute Gasteiger partial charge is 0.493 e. The molecule has 25 heavy (non-hydrogen) atoms. The third-order valence-electron chi connectivity index (χ3n) is 3.63. The first-order valence-electron chi connectivity index (χ1n) is 7.90. The SMILES string of the molecule is COc1ccc(CCNC(=O)CNC(=O)[C@@H](N)C(C)C)cc1OC.Cl.